The summed E-state index contributed by atoms with van der Waals surface area (Å²) in [6.07, 6.45) is -5.43. The van der Waals surface area contributed by atoms with Crippen molar-refractivity contribution in [3.8, 4) is 0 Å². The standard InChI is InChI=1S/2C6H8O7.3O.3V/c2*7-3(8)1-6(13,5(11)12)2-4(9)10;;;;;;/h2*13H,1-2H2,(H,7,8)(H,9,10)(H,11,12);;;;;;/q;;;;;3*+2/p-6. The van der Waals surface area contributed by atoms with Gasteiger partial charge in [-0.1, -0.05) is 0 Å². The third-order valence-corrected chi connectivity index (χ3v) is 2.51. The fourth-order valence-electron chi connectivity index (χ4n) is 1.37. The number of aliphatic carboxylic acids is 6. The zero-order valence-electron chi connectivity index (χ0n) is 15.2. The normalized spacial score (nSPS) is 9.38. The number of aliphatic hydroxyl groups is 2. The van der Waals surface area contributed by atoms with Gasteiger partial charge in [-0.15, -0.1) is 0 Å². The number of carboxylic acid groups (broad SMARTS) is 6. The molecule has 20 heteroatoms. The maximum atomic E-state index is 10.1. The van der Waals surface area contributed by atoms with E-state index in [9.17, 15) is 59.4 Å². The number of rotatable bonds is 10. The predicted molar refractivity (Wildman–Crippen MR) is 60.5 cm³/mol. The van der Waals surface area contributed by atoms with Crippen LogP contribution in [0.3, 0.4) is 0 Å². The van der Waals surface area contributed by atoms with Crippen LogP contribution in [0.2, 0.25) is 0 Å². The van der Waals surface area contributed by atoms with E-state index in [0.29, 0.717) is 0 Å². The summed E-state index contributed by atoms with van der Waals surface area (Å²) in [5.74, 6) is -12.0. The molecule has 175 valence electrons. The van der Waals surface area contributed by atoms with E-state index in [-0.39, 0.29) is 0 Å². The first-order valence-corrected chi connectivity index (χ1v) is 8.48. The Morgan fingerprint density at radius 2 is 0.594 bits per heavy atom. The maximum absolute atomic E-state index is 10.1. The Bertz CT molecular complexity index is 562. The van der Waals surface area contributed by atoms with Gasteiger partial charge >= 0.3 is 63.1 Å². The van der Waals surface area contributed by atoms with Crippen molar-refractivity contribution in [2.24, 2.45) is 0 Å². The monoisotopic (exact) mass is 579 g/mol. The molecule has 17 nitrogen and oxygen atoms in total. The minimum atomic E-state index is -2.97. The van der Waals surface area contributed by atoms with Crippen molar-refractivity contribution >= 4 is 35.8 Å². The van der Waals surface area contributed by atoms with Gasteiger partial charge in [-0.05, 0) is 0 Å². The van der Waals surface area contributed by atoms with Crippen molar-refractivity contribution in [2.45, 2.75) is 36.9 Å². The molecule has 0 aromatic heterocycles. The molecular formula is C12H10O17V3. The molecule has 0 aromatic rings. The molecule has 0 unspecified atom stereocenters. The molecule has 0 amide bonds. The second kappa shape index (κ2) is 22.1. The molecule has 0 radical (unpaired) electrons. The molecule has 0 spiro atoms. The van der Waals surface area contributed by atoms with E-state index in [1.807, 2.05) is 0 Å². The zero-order chi connectivity index (χ0) is 27.3. The molecule has 0 bridgehead atoms. The zero-order valence-corrected chi connectivity index (χ0v) is 19.4. The Labute approximate surface area is 205 Å². The number of carbonyl (C=O) groups is 6. The van der Waals surface area contributed by atoms with Crippen molar-refractivity contribution in [3.63, 3.8) is 0 Å². The van der Waals surface area contributed by atoms with Crippen LogP contribution in [-0.2, 0) is 91.9 Å². The van der Waals surface area contributed by atoms with Crippen LogP contribution in [0.25, 0.3) is 0 Å². The summed E-state index contributed by atoms with van der Waals surface area (Å²) in [6.45, 7) is 0. The molecule has 0 heterocycles. The Morgan fingerprint density at radius 3 is 0.656 bits per heavy atom. The molecule has 0 aliphatic rings. The number of carbonyl (C=O) groups excluding carboxylic acids is 6. The Balaban J connectivity index is -0.000000123. The van der Waals surface area contributed by atoms with Crippen molar-refractivity contribution < 1.29 is 133 Å². The van der Waals surface area contributed by atoms with Crippen LogP contribution in [0, 0.1) is 0 Å². The van der Waals surface area contributed by atoms with Crippen LogP contribution in [0.4, 0.5) is 0 Å². The van der Waals surface area contributed by atoms with E-state index < -0.39 is 72.7 Å². The fraction of sp³-hybridized carbons (Fsp3) is 0.500. The first-order valence-electron chi connectivity index (χ1n) is 6.77. The molecule has 0 rings (SSSR count). The molecular weight excluding hydrogens is 569 g/mol. The summed E-state index contributed by atoms with van der Waals surface area (Å²) < 4.78 is 24.6. The predicted octanol–water partition coefficient (Wildman–Crippen LogP) is -10.9. The van der Waals surface area contributed by atoms with E-state index in [1.165, 1.54) is 0 Å². The van der Waals surface area contributed by atoms with E-state index in [1.54, 1.807) is 0 Å². The minimum absolute atomic E-state index is 1.06. The van der Waals surface area contributed by atoms with Gasteiger partial charge in [0.25, 0.3) is 0 Å². The molecule has 0 aromatic carbocycles. The number of hydrogen-bond donors (Lipinski definition) is 2. The van der Waals surface area contributed by atoms with Crippen molar-refractivity contribution in [2.75, 3.05) is 0 Å². The summed E-state index contributed by atoms with van der Waals surface area (Å²) in [5, 5.41) is 77.9. The fourth-order valence-corrected chi connectivity index (χ4v) is 1.37. The second-order valence-corrected chi connectivity index (χ2v) is 4.83. The summed E-state index contributed by atoms with van der Waals surface area (Å²) in [4.78, 5) is 60.0. The van der Waals surface area contributed by atoms with Gasteiger partial charge in [0, 0.05) is 49.6 Å². The molecule has 0 aliphatic carbocycles. The van der Waals surface area contributed by atoms with Crippen LogP contribution in [0.5, 0.6) is 0 Å². The Hall–Kier alpha value is -2.11. The van der Waals surface area contributed by atoms with Crippen molar-refractivity contribution in [3.05, 3.63) is 0 Å². The van der Waals surface area contributed by atoms with E-state index in [0.717, 1.165) is 52.1 Å². The average molecular weight is 579 g/mol. The van der Waals surface area contributed by atoms with Gasteiger partial charge < -0.3 is 69.6 Å². The number of hydrogen-bond acceptors (Lipinski definition) is 17. The average Bonchev–Trinajstić information content (AvgIpc) is 2.64. The third-order valence-electron chi connectivity index (χ3n) is 2.51. The van der Waals surface area contributed by atoms with Crippen LogP contribution < -0.4 is 30.6 Å². The van der Waals surface area contributed by atoms with Gasteiger partial charge in [0.15, 0.2) is 0 Å². The summed E-state index contributed by atoms with van der Waals surface area (Å²) in [5.41, 5.74) is -5.95. The van der Waals surface area contributed by atoms with Gasteiger partial charge in [-0.25, -0.2) is 0 Å². The molecule has 0 saturated heterocycles. The van der Waals surface area contributed by atoms with E-state index in [2.05, 4.69) is 0 Å². The molecule has 0 fully saturated rings. The van der Waals surface area contributed by atoms with Crippen molar-refractivity contribution in [1.82, 2.24) is 0 Å². The van der Waals surface area contributed by atoms with Gasteiger partial charge in [0.1, 0.15) is 11.2 Å². The molecule has 2 N–H and O–H groups in total. The van der Waals surface area contributed by atoms with Gasteiger partial charge in [-0.2, -0.15) is 0 Å². The van der Waals surface area contributed by atoms with Crippen LogP contribution in [-0.4, -0.2) is 57.2 Å². The first kappa shape index (κ1) is 40.3. The second-order valence-electron chi connectivity index (χ2n) is 4.83. The van der Waals surface area contributed by atoms with E-state index >= 15 is 0 Å². The summed E-state index contributed by atoms with van der Waals surface area (Å²) in [7, 11) is 0. The quantitative estimate of drug-likeness (QED) is 0.242. The first-order chi connectivity index (χ1) is 14.6. The Morgan fingerprint density at radius 1 is 0.469 bits per heavy atom. The van der Waals surface area contributed by atoms with Gasteiger partial charge in [-0.3, -0.25) is 0 Å². The van der Waals surface area contributed by atoms with Crippen molar-refractivity contribution in [1.29, 1.82) is 0 Å². The molecule has 0 saturated carbocycles. The topological polar surface area (TPSA) is 332 Å². The molecule has 0 aliphatic heterocycles. The van der Waals surface area contributed by atoms with Gasteiger partial charge in [0.05, 0.1) is 11.9 Å². The number of carboxylic acids is 6. The van der Waals surface area contributed by atoms with Gasteiger partial charge in [0.2, 0.25) is 0 Å². The Kier molecular flexibility index (Phi) is 27.8. The van der Waals surface area contributed by atoms with Crippen LogP contribution >= 0.6 is 0 Å². The summed E-state index contributed by atoms with van der Waals surface area (Å²) in [6, 6.07) is 0. The molecule has 0 atom stereocenters. The third kappa shape index (κ3) is 22.6. The van der Waals surface area contributed by atoms with Crippen LogP contribution in [0.15, 0.2) is 0 Å². The SMILES string of the molecule is O=C([O-])CC(O)(CC(=O)[O-])C(=O)[O-].O=C([O-])CC(O)(CC(=O)[O-])C(=O)[O-].[O]=[V+2].[O]=[V+2].[O]=[V+2]. The molecule has 32 heavy (non-hydrogen) atoms. The van der Waals surface area contributed by atoms with Crippen LogP contribution in [0.1, 0.15) is 25.7 Å². The van der Waals surface area contributed by atoms with E-state index in [4.69, 9.17) is 21.2 Å². The summed E-state index contributed by atoms with van der Waals surface area (Å²) >= 11 is 3.19.